The van der Waals surface area contributed by atoms with E-state index in [1.165, 1.54) is 50.2 Å². The van der Waals surface area contributed by atoms with E-state index < -0.39 is 35.7 Å². The summed E-state index contributed by atoms with van der Waals surface area (Å²) in [6, 6.07) is 12.2. The molecule has 0 spiro atoms. The fraction of sp³-hybridized carbons (Fsp3) is 0.154. The number of hydrogen-bond donors (Lipinski definition) is 0. The number of benzene rings is 3. The molecule has 0 radical (unpaired) electrons. The van der Waals surface area contributed by atoms with E-state index in [0.29, 0.717) is 5.56 Å². The Hall–Kier alpha value is -6.36. The lowest BCUT2D eigenvalue weighted by Gasteiger charge is -2.17. The average Bonchev–Trinajstić information content (AvgIpc) is 3.08. The van der Waals surface area contributed by atoms with Crippen LogP contribution >= 0.6 is 0 Å². The Morgan fingerprint density at radius 3 is 1.64 bits per heavy atom. The van der Waals surface area contributed by atoms with Crippen molar-refractivity contribution in [3.63, 3.8) is 0 Å². The molecule has 258 valence electrons. The smallest absolute Gasteiger partial charge is 0.338 e. The van der Waals surface area contributed by atoms with Gasteiger partial charge < -0.3 is 23.7 Å². The molecular formula is C39H35FO10. The molecule has 0 aliphatic rings. The van der Waals surface area contributed by atoms with Gasteiger partial charge in [0.05, 0.1) is 0 Å². The fourth-order valence-corrected chi connectivity index (χ4v) is 3.74. The van der Waals surface area contributed by atoms with Gasteiger partial charge in [0, 0.05) is 51.6 Å². The van der Waals surface area contributed by atoms with Gasteiger partial charge in [0.25, 0.3) is 0 Å². The highest BCUT2D eigenvalue weighted by atomic mass is 19.1. The second kappa shape index (κ2) is 17.2. The van der Waals surface area contributed by atoms with Gasteiger partial charge in [-0.2, -0.15) is 0 Å². The number of carbonyl (C=O) groups is 5. The zero-order valence-corrected chi connectivity index (χ0v) is 28.1. The van der Waals surface area contributed by atoms with Crippen LogP contribution in [0.3, 0.4) is 0 Å². The standard InChI is InChI=1S/C39H35FO10/c1-9-24(7)38(44)49-32-21-34(48-35(41)18-14-27-13-17-29(19-31(27)40)47-37(43)23(5)6)33(50-39(45)25(8)10-2)20-30(32)26-11-15-28(16-12-26)46-36(42)22(3)4/h11-21H,3,5,7-10H2,1-2,4,6H3/b18-14+. The molecule has 3 aromatic carbocycles. The normalized spacial score (nSPS) is 10.5. The van der Waals surface area contributed by atoms with Gasteiger partial charge in [-0.25, -0.2) is 28.4 Å². The Labute approximate surface area is 288 Å². The van der Waals surface area contributed by atoms with Crippen LogP contribution in [0.25, 0.3) is 17.2 Å². The van der Waals surface area contributed by atoms with Crippen LogP contribution in [0, 0.1) is 5.82 Å². The van der Waals surface area contributed by atoms with Crippen molar-refractivity contribution in [2.24, 2.45) is 0 Å². The zero-order chi connectivity index (χ0) is 37.1. The first-order valence-electron chi connectivity index (χ1n) is 15.2. The topological polar surface area (TPSA) is 132 Å². The highest BCUT2D eigenvalue weighted by Gasteiger charge is 2.22. The van der Waals surface area contributed by atoms with Gasteiger partial charge in [-0.3, -0.25) is 0 Å². The summed E-state index contributed by atoms with van der Waals surface area (Å²) in [5.74, 6) is -5.25. The first kappa shape index (κ1) is 38.1. The molecule has 10 nitrogen and oxygen atoms in total. The molecule has 0 atom stereocenters. The van der Waals surface area contributed by atoms with Crippen molar-refractivity contribution in [3.05, 3.63) is 121 Å². The van der Waals surface area contributed by atoms with Crippen molar-refractivity contribution >= 4 is 35.9 Å². The minimum Gasteiger partial charge on any atom is -0.423 e. The van der Waals surface area contributed by atoms with Crippen LogP contribution in [-0.4, -0.2) is 29.8 Å². The van der Waals surface area contributed by atoms with Crippen LogP contribution in [0.4, 0.5) is 4.39 Å². The van der Waals surface area contributed by atoms with Crippen molar-refractivity contribution in [3.8, 4) is 39.9 Å². The number of ether oxygens (including phenoxy) is 5. The van der Waals surface area contributed by atoms with E-state index in [1.807, 2.05) is 0 Å². The fourth-order valence-electron chi connectivity index (χ4n) is 3.74. The second-order valence-corrected chi connectivity index (χ2v) is 10.8. The summed E-state index contributed by atoms with van der Waals surface area (Å²) in [5, 5.41) is 0. The van der Waals surface area contributed by atoms with Crippen LogP contribution in [0.15, 0.2) is 109 Å². The van der Waals surface area contributed by atoms with Crippen LogP contribution in [0.5, 0.6) is 28.7 Å². The molecule has 50 heavy (non-hydrogen) atoms. The molecule has 0 aromatic heterocycles. The summed E-state index contributed by atoms with van der Waals surface area (Å²) in [6.07, 6.45) is 2.58. The quantitative estimate of drug-likeness (QED) is 0.0942. The van der Waals surface area contributed by atoms with E-state index in [1.54, 1.807) is 26.0 Å². The molecule has 0 aliphatic heterocycles. The minimum absolute atomic E-state index is 0.0385. The van der Waals surface area contributed by atoms with E-state index in [9.17, 15) is 28.4 Å². The summed E-state index contributed by atoms with van der Waals surface area (Å²) >= 11 is 0. The number of halogens is 1. The van der Waals surface area contributed by atoms with Gasteiger partial charge in [0.2, 0.25) is 0 Å². The summed E-state index contributed by atoms with van der Waals surface area (Å²) in [7, 11) is 0. The predicted molar refractivity (Wildman–Crippen MR) is 184 cm³/mol. The highest BCUT2D eigenvalue weighted by molar-refractivity contribution is 5.94. The molecule has 11 heteroatoms. The highest BCUT2D eigenvalue weighted by Crippen LogP contribution is 2.42. The lowest BCUT2D eigenvalue weighted by Crippen LogP contribution is -2.14. The molecule has 0 saturated carbocycles. The minimum atomic E-state index is -1.01. The lowest BCUT2D eigenvalue weighted by molar-refractivity contribution is -0.132. The van der Waals surface area contributed by atoms with Gasteiger partial charge in [-0.1, -0.05) is 52.3 Å². The first-order valence-corrected chi connectivity index (χ1v) is 15.2. The summed E-state index contributed by atoms with van der Waals surface area (Å²) < 4.78 is 41.7. The third-order valence-corrected chi connectivity index (χ3v) is 6.75. The van der Waals surface area contributed by atoms with E-state index in [0.717, 1.165) is 18.2 Å². The van der Waals surface area contributed by atoms with E-state index in [4.69, 9.17) is 23.7 Å². The van der Waals surface area contributed by atoms with Gasteiger partial charge in [0.15, 0.2) is 11.5 Å². The van der Waals surface area contributed by atoms with Crippen molar-refractivity contribution < 1.29 is 52.0 Å². The molecule has 0 unspecified atom stereocenters. The summed E-state index contributed by atoms with van der Waals surface area (Å²) in [5.41, 5.74) is 1.22. The van der Waals surface area contributed by atoms with E-state index in [-0.39, 0.29) is 75.0 Å². The first-order chi connectivity index (χ1) is 23.6. The lowest BCUT2D eigenvalue weighted by atomic mass is 10.0. The molecular weight excluding hydrogens is 647 g/mol. The predicted octanol–water partition coefficient (Wildman–Crippen LogP) is 7.82. The molecule has 0 saturated heterocycles. The number of esters is 5. The van der Waals surface area contributed by atoms with Crippen LogP contribution in [0.2, 0.25) is 0 Å². The third kappa shape index (κ3) is 10.3. The molecule has 0 fully saturated rings. The maximum atomic E-state index is 14.7. The maximum Gasteiger partial charge on any atom is 0.338 e. The van der Waals surface area contributed by atoms with Crippen molar-refractivity contribution in [2.45, 2.75) is 40.5 Å². The SMILES string of the molecule is C=C(C)C(=O)Oc1ccc(-c2cc(OC(=O)C(=C)CC)c(OC(=O)/C=C/c3ccc(OC(=O)C(=C)C)cc3F)cc2OC(=O)C(=C)CC)cc1. The molecule has 0 heterocycles. The summed E-state index contributed by atoms with van der Waals surface area (Å²) in [4.78, 5) is 62.3. The Morgan fingerprint density at radius 1 is 0.620 bits per heavy atom. The third-order valence-electron chi connectivity index (χ3n) is 6.75. The van der Waals surface area contributed by atoms with Crippen LogP contribution < -0.4 is 23.7 Å². The van der Waals surface area contributed by atoms with Gasteiger partial charge in [-0.05, 0) is 68.7 Å². The molecule has 0 amide bonds. The van der Waals surface area contributed by atoms with Gasteiger partial charge in [-0.15, -0.1) is 0 Å². The summed E-state index contributed by atoms with van der Waals surface area (Å²) in [6.45, 7) is 20.8. The Morgan fingerprint density at radius 2 is 1.12 bits per heavy atom. The van der Waals surface area contributed by atoms with Gasteiger partial charge in [0.1, 0.15) is 23.1 Å². The average molecular weight is 683 g/mol. The van der Waals surface area contributed by atoms with E-state index >= 15 is 0 Å². The van der Waals surface area contributed by atoms with E-state index in [2.05, 4.69) is 26.3 Å². The van der Waals surface area contributed by atoms with Crippen LogP contribution in [-0.2, 0) is 24.0 Å². The Bertz CT molecular complexity index is 1930. The Balaban J connectivity index is 2.05. The molecule has 3 rings (SSSR count). The second-order valence-electron chi connectivity index (χ2n) is 10.8. The van der Waals surface area contributed by atoms with Crippen molar-refractivity contribution in [1.29, 1.82) is 0 Å². The van der Waals surface area contributed by atoms with Crippen LogP contribution in [0.1, 0.15) is 46.1 Å². The molecule has 3 aromatic rings. The largest absolute Gasteiger partial charge is 0.423 e. The Kier molecular flexibility index (Phi) is 13.1. The van der Waals surface area contributed by atoms with Crippen molar-refractivity contribution in [2.75, 3.05) is 0 Å². The zero-order valence-electron chi connectivity index (χ0n) is 28.1. The number of carbonyl (C=O) groups excluding carboxylic acids is 5. The molecule has 0 bridgehead atoms. The van der Waals surface area contributed by atoms with Crippen molar-refractivity contribution in [1.82, 2.24) is 0 Å². The number of rotatable bonds is 14. The van der Waals surface area contributed by atoms with Gasteiger partial charge >= 0.3 is 29.8 Å². The monoisotopic (exact) mass is 682 g/mol. The maximum absolute atomic E-state index is 14.7. The molecule has 0 N–H and O–H groups in total. The molecule has 0 aliphatic carbocycles. The number of hydrogen-bond acceptors (Lipinski definition) is 10.